The zero-order chi connectivity index (χ0) is 11.4. The smallest absolute Gasteiger partial charge is 0.366 e. The number of ether oxygens (including phenoxy) is 1. The lowest BCUT2D eigenvalue weighted by atomic mass is 10.3. The molecule has 0 saturated carbocycles. The number of hydrogen-bond donors (Lipinski definition) is 2. The molecule has 0 spiro atoms. The van der Waals surface area contributed by atoms with E-state index in [4.69, 9.17) is 5.11 Å². The second-order valence-corrected chi connectivity index (χ2v) is 2.61. The molecule has 0 radical (unpaired) electrons. The van der Waals surface area contributed by atoms with Gasteiger partial charge in [-0.1, -0.05) is 0 Å². The molecule has 0 aliphatic carbocycles. The molecule has 1 amide bonds. The molecule has 14 heavy (non-hydrogen) atoms. The minimum Gasteiger partial charge on any atom is -0.366 e. The molecule has 4 nitrogen and oxygen atoms in total. The highest BCUT2D eigenvalue weighted by Gasteiger charge is 2.39. The van der Waals surface area contributed by atoms with Gasteiger partial charge in [0.05, 0.1) is 6.04 Å². The van der Waals surface area contributed by atoms with E-state index in [9.17, 15) is 18.0 Å². The highest BCUT2D eigenvalue weighted by Crippen LogP contribution is 2.14. The fourth-order valence-corrected chi connectivity index (χ4v) is 0.675. The molecule has 2 N–H and O–H groups in total. The van der Waals surface area contributed by atoms with Crippen molar-refractivity contribution in [3.05, 3.63) is 0 Å². The fraction of sp³-hybridized carbons (Fsp3) is 0.857. The molecule has 0 rings (SSSR count). The van der Waals surface area contributed by atoms with Crippen LogP contribution < -0.4 is 5.32 Å². The number of alkyl halides is 3. The maximum atomic E-state index is 11.7. The molecule has 2 atom stereocenters. The summed E-state index contributed by atoms with van der Waals surface area (Å²) in [5.74, 6) is -2.09. The number of aliphatic hydroxyl groups excluding tert-OH is 1. The van der Waals surface area contributed by atoms with E-state index in [0.717, 1.165) is 0 Å². The van der Waals surface area contributed by atoms with Gasteiger partial charge in [0.2, 0.25) is 0 Å². The first-order valence-corrected chi connectivity index (χ1v) is 3.96. The van der Waals surface area contributed by atoms with E-state index in [2.05, 4.69) is 4.74 Å². The Morgan fingerprint density at radius 3 is 2.43 bits per heavy atom. The Morgan fingerprint density at radius 1 is 1.57 bits per heavy atom. The molecule has 0 aromatic heterocycles. The van der Waals surface area contributed by atoms with E-state index >= 15 is 0 Å². The van der Waals surface area contributed by atoms with Gasteiger partial charge in [0, 0.05) is 6.61 Å². The number of hydrogen-bond acceptors (Lipinski definition) is 3. The minimum atomic E-state index is -4.94. The van der Waals surface area contributed by atoms with E-state index < -0.39 is 24.4 Å². The standard InChI is InChI=1S/C7H12F3NO3/c1-3-14-5(12)4(2)11-6(13)7(8,9)10/h4-5,12H,3H2,1-2H3,(H,11,13)/t4?,5-/m0/s1. The minimum absolute atomic E-state index is 0.146. The second-order valence-electron chi connectivity index (χ2n) is 2.61. The van der Waals surface area contributed by atoms with Crippen LogP contribution in [0, 0.1) is 0 Å². The van der Waals surface area contributed by atoms with Crippen molar-refractivity contribution in [1.29, 1.82) is 0 Å². The third-order valence-electron chi connectivity index (χ3n) is 1.38. The normalized spacial score (nSPS) is 16.1. The lowest BCUT2D eigenvalue weighted by Gasteiger charge is -2.20. The Kier molecular flexibility index (Phi) is 4.86. The van der Waals surface area contributed by atoms with Crippen LogP contribution in [0.1, 0.15) is 13.8 Å². The average molecular weight is 215 g/mol. The quantitative estimate of drug-likeness (QED) is 0.668. The summed E-state index contributed by atoms with van der Waals surface area (Å²) in [6.45, 7) is 2.93. The Morgan fingerprint density at radius 2 is 2.07 bits per heavy atom. The molecule has 84 valence electrons. The van der Waals surface area contributed by atoms with E-state index in [-0.39, 0.29) is 6.61 Å². The summed E-state index contributed by atoms with van der Waals surface area (Å²) in [4.78, 5) is 10.4. The molecule has 7 heteroatoms. The van der Waals surface area contributed by atoms with Crippen LogP contribution in [0.3, 0.4) is 0 Å². The molecular weight excluding hydrogens is 203 g/mol. The van der Waals surface area contributed by atoms with Crippen molar-refractivity contribution >= 4 is 5.91 Å². The van der Waals surface area contributed by atoms with Gasteiger partial charge in [0.1, 0.15) is 0 Å². The maximum absolute atomic E-state index is 11.7. The predicted molar refractivity (Wildman–Crippen MR) is 41.3 cm³/mol. The summed E-state index contributed by atoms with van der Waals surface area (Å²) in [7, 11) is 0. The summed E-state index contributed by atoms with van der Waals surface area (Å²) < 4.78 is 39.8. The average Bonchev–Trinajstić information content (AvgIpc) is 2.02. The van der Waals surface area contributed by atoms with Crippen molar-refractivity contribution in [3.63, 3.8) is 0 Å². The SMILES string of the molecule is CCO[C@H](O)C(C)NC(=O)C(F)(F)F. The van der Waals surface area contributed by atoms with Crippen LogP contribution in [-0.4, -0.2) is 36.1 Å². The summed E-state index contributed by atoms with van der Waals surface area (Å²) in [5.41, 5.74) is 0. The zero-order valence-electron chi connectivity index (χ0n) is 7.76. The van der Waals surface area contributed by atoms with E-state index in [1.54, 1.807) is 12.2 Å². The van der Waals surface area contributed by atoms with Crippen molar-refractivity contribution in [3.8, 4) is 0 Å². The van der Waals surface area contributed by atoms with Crippen molar-refractivity contribution in [1.82, 2.24) is 5.32 Å². The fourth-order valence-electron chi connectivity index (χ4n) is 0.675. The third kappa shape index (κ3) is 4.43. The van der Waals surface area contributed by atoms with E-state index in [0.29, 0.717) is 0 Å². The number of nitrogens with one attached hydrogen (secondary N) is 1. The number of carbonyl (C=O) groups is 1. The molecule has 0 fully saturated rings. The van der Waals surface area contributed by atoms with Crippen molar-refractivity contribution in [2.24, 2.45) is 0 Å². The molecule has 0 heterocycles. The van der Waals surface area contributed by atoms with Crippen LogP contribution in [0.5, 0.6) is 0 Å². The first kappa shape index (κ1) is 13.2. The molecule has 1 unspecified atom stereocenters. The molecular formula is C7H12F3NO3. The maximum Gasteiger partial charge on any atom is 0.471 e. The first-order chi connectivity index (χ1) is 6.29. The molecule has 0 aromatic rings. The Hall–Kier alpha value is -0.820. The van der Waals surface area contributed by atoms with Gasteiger partial charge in [-0.15, -0.1) is 0 Å². The van der Waals surface area contributed by atoms with Gasteiger partial charge in [-0.3, -0.25) is 4.79 Å². The van der Waals surface area contributed by atoms with E-state index in [1.165, 1.54) is 6.92 Å². The number of rotatable bonds is 4. The van der Waals surface area contributed by atoms with Gasteiger partial charge < -0.3 is 15.2 Å². The summed E-state index contributed by atoms with van der Waals surface area (Å²) in [6, 6.07) is -1.11. The number of amides is 1. The molecule has 0 aromatic carbocycles. The predicted octanol–water partition coefficient (Wildman–Crippen LogP) is 0.408. The Balaban J connectivity index is 4.06. The van der Waals surface area contributed by atoms with Gasteiger partial charge in [-0.05, 0) is 13.8 Å². The summed E-state index contributed by atoms with van der Waals surface area (Å²) in [5, 5.41) is 10.6. The number of carbonyl (C=O) groups excluding carboxylic acids is 1. The summed E-state index contributed by atoms with van der Waals surface area (Å²) >= 11 is 0. The summed E-state index contributed by atoms with van der Waals surface area (Å²) in [6.07, 6.45) is -6.38. The lowest BCUT2D eigenvalue weighted by Crippen LogP contribution is -2.47. The van der Waals surface area contributed by atoms with Gasteiger partial charge in [0.25, 0.3) is 0 Å². The van der Waals surface area contributed by atoms with Crippen LogP contribution in [0.25, 0.3) is 0 Å². The third-order valence-corrected chi connectivity index (χ3v) is 1.38. The van der Waals surface area contributed by atoms with Crippen LogP contribution in [0.2, 0.25) is 0 Å². The van der Waals surface area contributed by atoms with Gasteiger partial charge >= 0.3 is 12.1 Å². The monoisotopic (exact) mass is 215 g/mol. The van der Waals surface area contributed by atoms with Crippen LogP contribution >= 0.6 is 0 Å². The topological polar surface area (TPSA) is 58.6 Å². The Bertz CT molecular complexity index is 195. The number of aliphatic hydroxyl groups is 1. The Labute approximate surface area is 79.0 Å². The van der Waals surface area contributed by atoms with Crippen molar-refractivity contribution in [2.45, 2.75) is 32.4 Å². The van der Waals surface area contributed by atoms with Crippen LogP contribution in [-0.2, 0) is 9.53 Å². The van der Waals surface area contributed by atoms with Gasteiger partial charge in [-0.25, -0.2) is 0 Å². The number of halogens is 3. The van der Waals surface area contributed by atoms with Crippen molar-refractivity contribution in [2.75, 3.05) is 6.61 Å². The van der Waals surface area contributed by atoms with Gasteiger partial charge in [0.15, 0.2) is 6.29 Å². The van der Waals surface area contributed by atoms with E-state index in [1.807, 2.05) is 0 Å². The largest absolute Gasteiger partial charge is 0.471 e. The molecule has 0 aliphatic heterocycles. The van der Waals surface area contributed by atoms with Crippen LogP contribution in [0.4, 0.5) is 13.2 Å². The highest BCUT2D eigenvalue weighted by atomic mass is 19.4. The first-order valence-electron chi connectivity index (χ1n) is 3.96. The highest BCUT2D eigenvalue weighted by molar-refractivity contribution is 5.81. The molecule has 0 bridgehead atoms. The molecule has 0 saturated heterocycles. The second kappa shape index (κ2) is 5.16. The van der Waals surface area contributed by atoms with Crippen molar-refractivity contribution < 1.29 is 27.8 Å². The van der Waals surface area contributed by atoms with Crippen LogP contribution in [0.15, 0.2) is 0 Å². The molecule has 0 aliphatic rings. The zero-order valence-corrected chi connectivity index (χ0v) is 7.76. The van der Waals surface area contributed by atoms with Gasteiger partial charge in [-0.2, -0.15) is 13.2 Å². The lowest BCUT2D eigenvalue weighted by molar-refractivity contribution is -0.178.